The van der Waals surface area contributed by atoms with Gasteiger partial charge in [0.25, 0.3) is 0 Å². The molecular weight excluding hydrogens is 275 g/mol. The molecule has 0 fully saturated rings. The topological polar surface area (TPSA) is 46.5 Å². The first-order valence-electron chi connectivity index (χ1n) is 5.04. The molecule has 0 aliphatic heterocycles. The number of hydrogen-bond acceptors (Lipinski definition) is 3. The highest BCUT2D eigenvalue weighted by Gasteiger charge is 2.15. The van der Waals surface area contributed by atoms with E-state index in [1.54, 1.807) is 24.3 Å². The normalized spacial score (nSPS) is 10.1. The van der Waals surface area contributed by atoms with Gasteiger partial charge in [0.1, 0.15) is 16.3 Å². The fourth-order valence-corrected chi connectivity index (χ4v) is 1.69. The lowest BCUT2D eigenvalue weighted by Crippen LogP contribution is -2.08. The Labute approximate surface area is 114 Å². The van der Waals surface area contributed by atoms with Crippen molar-refractivity contribution >= 4 is 29.2 Å². The van der Waals surface area contributed by atoms with Crippen LogP contribution in [-0.2, 0) is 0 Å². The molecule has 0 aromatic heterocycles. The molecule has 0 atom stereocenters. The fourth-order valence-electron chi connectivity index (χ4n) is 1.36. The minimum atomic E-state index is -0.697. The van der Waals surface area contributed by atoms with E-state index in [1.807, 2.05) is 0 Å². The van der Waals surface area contributed by atoms with Crippen LogP contribution in [0.25, 0.3) is 0 Å². The number of aromatic hydroxyl groups is 1. The monoisotopic (exact) mass is 282 g/mol. The average Bonchev–Trinajstić information content (AvgIpc) is 2.35. The molecular formula is C13H8Cl2O3. The summed E-state index contributed by atoms with van der Waals surface area (Å²) in [6.45, 7) is 0. The molecule has 0 bridgehead atoms. The first kappa shape index (κ1) is 12.7. The molecule has 1 N–H and O–H groups in total. The number of esters is 1. The van der Waals surface area contributed by atoms with E-state index >= 15 is 0 Å². The molecule has 5 heteroatoms. The van der Waals surface area contributed by atoms with E-state index in [1.165, 1.54) is 18.2 Å². The zero-order valence-corrected chi connectivity index (χ0v) is 10.6. The summed E-state index contributed by atoms with van der Waals surface area (Å²) >= 11 is 11.7. The van der Waals surface area contributed by atoms with Gasteiger partial charge in [-0.25, -0.2) is 4.79 Å². The van der Waals surface area contributed by atoms with Crippen molar-refractivity contribution in [1.29, 1.82) is 0 Å². The van der Waals surface area contributed by atoms with Gasteiger partial charge in [-0.2, -0.15) is 0 Å². The molecule has 3 nitrogen and oxygen atoms in total. The third-order valence-corrected chi connectivity index (χ3v) is 3.04. The molecule has 2 rings (SSSR count). The first-order valence-corrected chi connectivity index (χ1v) is 5.79. The van der Waals surface area contributed by atoms with Gasteiger partial charge >= 0.3 is 5.97 Å². The van der Waals surface area contributed by atoms with Crippen molar-refractivity contribution in [1.82, 2.24) is 0 Å². The molecule has 2 aromatic carbocycles. The Morgan fingerprint density at radius 2 is 1.78 bits per heavy atom. The van der Waals surface area contributed by atoms with Gasteiger partial charge in [0.15, 0.2) is 5.75 Å². The van der Waals surface area contributed by atoms with Crippen molar-refractivity contribution < 1.29 is 14.6 Å². The van der Waals surface area contributed by atoms with Gasteiger partial charge in [0.2, 0.25) is 0 Å². The number of carbonyl (C=O) groups excluding carboxylic acids is 1. The van der Waals surface area contributed by atoms with Crippen molar-refractivity contribution in [3.8, 4) is 11.5 Å². The number of carbonyl (C=O) groups is 1. The van der Waals surface area contributed by atoms with E-state index in [0.29, 0.717) is 5.02 Å². The Balaban J connectivity index is 2.27. The van der Waals surface area contributed by atoms with Crippen LogP contribution in [0.3, 0.4) is 0 Å². The summed E-state index contributed by atoms with van der Waals surface area (Å²) in [5, 5.41) is 9.97. The number of halogens is 2. The Hall–Kier alpha value is -1.71. The summed E-state index contributed by atoms with van der Waals surface area (Å²) in [5.41, 5.74) is 0.0635. The highest BCUT2D eigenvalue weighted by molar-refractivity contribution is 6.43. The lowest BCUT2D eigenvalue weighted by Gasteiger charge is -2.07. The number of rotatable bonds is 2. The van der Waals surface area contributed by atoms with Crippen LogP contribution in [0.2, 0.25) is 10.0 Å². The van der Waals surface area contributed by atoms with E-state index in [9.17, 15) is 9.90 Å². The van der Waals surface area contributed by atoms with E-state index in [-0.39, 0.29) is 22.1 Å². The summed E-state index contributed by atoms with van der Waals surface area (Å²) in [6.07, 6.45) is 0. The van der Waals surface area contributed by atoms with Crippen molar-refractivity contribution in [2.75, 3.05) is 0 Å². The SMILES string of the molecule is O=C(Oc1cccc(Cl)c1Cl)c1ccccc1O. The zero-order chi connectivity index (χ0) is 13.1. The molecule has 18 heavy (non-hydrogen) atoms. The maximum atomic E-state index is 11.8. The first-order chi connectivity index (χ1) is 8.59. The molecule has 2 aromatic rings. The van der Waals surface area contributed by atoms with Crippen LogP contribution >= 0.6 is 23.2 Å². The summed E-state index contributed by atoms with van der Waals surface area (Å²) < 4.78 is 5.08. The number of ether oxygens (including phenoxy) is 1. The van der Waals surface area contributed by atoms with E-state index in [2.05, 4.69) is 0 Å². The minimum absolute atomic E-state index is 0.0635. The number of benzene rings is 2. The van der Waals surface area contributed by atoms with Crippen LogP contribution in [0.4, 0.5) is 0 Å². The predicted molar refractivity (Wildman–Crippen MR) is 69.5 cm³/mol. The van der Waals surface area contributed by atoms with Crippen molar-refractivity contribution in [3.05, 3.63) is 58.1 Å². The quantitative estimate of drug-likeness (QED) is 0.671. The van der Waals surface area contributed by atoms with Crippen LogP contribution < -0.4 is 4.74 Å². The Morgan fingerprint density at radius 1 is 1.06 bits per heavy atom. The van der Waals surface area contributed by atoms with Crippen LogP contribution in [0, 0.1) is 0 Å². The van der Waals surface area contributed by atoms with Gasteiger partial charge in [0, 0.05) is 0 Å². The van der Waals surface area contributed by atoms with E-state index < -0.39 is 5.97 Å². The fraction of sp³-hybridized carbons (Fsp3) is 0. The maximum absolute atomic E-state index is 11.8. The number of hydrogen-bond donors (Lipinski definition) is 1. The van der Waals surface area contributed by atoms with Gasteiger partial charge < -0.3 is 9.84 Å². The lowest BCUT2D eigenvalue weighted by atomic mass is 10.2. The highest BCUT2D eigenvalue weighted by Crippen LogP contribution is 2.32. The molecule has 0 radical (unpaired) electrons. The smallest absolute Gasteiger partial charge is 0.347 e. The van der Waals surface area contributed by atoms with Gasteiger partial charge in [-0.1, -0.05) is 41.4 Å². The average molecular weight is 283 g/mol. The van der Waals surface area contributed by atoms with Gasteiger partial charge in [0.05, 0.1) is 5.02 Å². The third-order valence-electron chi connectivity index (χ3n) is 2.24. The lowest BCUT2D eigenvalue weighted by molar-refractivity contribution is 0.0732. The summed E-state index contributed by atoms with van der Waals surface area (Å²) in [6, 6.07) is 10.8. The number of phenolic OH excluding ortho intramolecular Hbond substituents is 1. The van der Waals surface area contributed by atoms with Crippen LogP contribution in [-0.4, -0.2) is 11.1 Å². The van der Waals surface area contributed by atoms with Crippen molar-refractivity contribution in [3.63, 3.8) is 0 Å². The van der Waals surface area contributed by atoms with Crippen LogP contribution in [0.1, 0.15) is 10.4 Å². The molecule has 0 aliphatic rings. The summed E-state index contributed by atoms with van der Waals surface area (Å²) in [7, 11) is 0. The van der Waals surface area contributed by atoms with Gasteiger partial charge in [-0.15, -0.1) is 0 Å². The number of para-hydroxylation sites is 1. The Bertz CT molecular complexity index is 597. The van der Waals surface area contributed by atoms with Gasteiger partial charge in [-0.05, 0) is 24.3 Å². The second kappa shape index (κ2) is 5.29. The van der Waals surface area contributed by atoms with Crippen LogP contribution in [0.15, 0.2) is 42.5 Å². The highest BCUT2D eigenvalue weighted by atomic mass is 35.5. The third kappa shape index (κ3) is 2.58. The van der Waals surface area contributed by atoms with Crippen LogP contribution in [0.5, 0.6) is 11.5 Å². The molecule has 0 saturated carbocycles. The molecule has 0 spiro atoms. The zero-order valence-electron chi connectivity index (χ0n) is 9.06. The second-order valence-corrected chi connectivity index (χ2v) is 4.24. The van der Waals surface area contributed by atoms with E-state index in [0.717, 1.165) is 0 Å². The van der Waals surface area contributed by atoms with Gasteiger partial charge in [-0.3, -0.25) is 0 Å². The summed E-state index contributed by atoms with van der Waals surface area (Å²) in [4.78, 5) is 11.8. The molecule has 0 saturated heterocycles. The largest absolute Gasteiger partial charge is 0.507 e. The number of phenols is 1. The molecule has 0 aliphatic carbocycles. The molecule has 92 valence electrons. The van der Waals surface area contributed by atoms with E-state index in [4.69, 9.17) is 27.9 Å². The minimum Gasteiger partial charge on any atom is -0.507 e. The molecule has 0 heterocycles. The molecule has 0 unspecified atom stereocenters. The maximum Gasteiger partial charge on any atom is 0.347 e. The Morgan fingerprint density at radius 3 is 2.50 bits per heavy atom. The van der Waals surface area contributed by atoms with Crippen molar-refractivity contribution in [2.45, 2.75) is 0 Å². The predicted octanol–water partition coefficient (Wildman–Crippen LogP) is 3.92. The Kier molecular flexibility index (Phi) is 3.75. The summed E-state index contributed by atoms with van der Waals surface area (Å²) in [5.74, 6) is -0.699. The molecule has 0 amide bonds. The standard InChI is InChI=1S/C13H8Cl2O3/c14-9-5-3-7-11(12(9)15)18-13(17)8-4-1-2-6-10(8)16/h1-7,16H. The second-order valence-electron chi connectivity index (χ2n) is 3.46. The van der Waals surface area contributed by atoms with Crippen molar-refractivity contribution in [2.24, 2.45) is 0 Å².